The maximum Gasteiger partial charge on any atom is 0.192 e. The Bertz CT molecular complexity index is 485. The standard InChI is InChI=1S/C23H40OSi/c1-7-8-9-10-11-15-18-22(24-25(5,6)23(2,3)4)20-19-21-16-13-12-14-17-21/h12-14,16-17,19-20,22H,7-11,15,18H2,1-6H3/b20-19+. The van der Waals surface area contributed by atoms with E-state index in [1.165, 1.54) is 44.1 Å². The Hall–Kier alpha value is -0.863. The van der Waals surface area contributed by atoms with Crippen LogP contribution in [0.4, 0.5) is 0 Å². The zero-order valence-corrected chi connectivity index (χ0v) is 18.5. The lowest BCUT2D eigenvalue weighted by molar-refractivity contribution is 0.211. The van der Waals surface area contributed by atoms with Crippen molar-refractivity contribution in [2.75, 3.05) is 0 Å². The second-order valence-corrected chi connectivity index (χ2v) is 13.5. The van der Waals surface area contributed by atoms with Crippen molar-refractivity contribution in [1.82, 2.24) is 0 Å². The Morgan fingerprint density at radius 1 is 0.960 bits per heavy atom. The van der Waals surface area contributed by atoms with Crippen molar-refractivity contribution in [3.05, 3.63) is 42.0 Å². The molecule has 0 aliphatic carbocycles. The molecule has 0 amide bonds. The average Bonchev–Trinajstić information content (AvgIpc) is 2.55. The molecule has 0 bridgehead atoms. The summed E-state index contributed by atoms with van der Waals surface area (Å²) in [7, 11) is -1.74. The van der Waals surface area contributed by atoms with E-state index < -0.39 is 8.32 Å². The lowest BCUT2D eigenvalue weighted by atomic mass is 10.1. The van der Waals surface area contributed by atoms with E-state index in [-0.39, 0.29) is 11.1 Å². The third-order valence-corrected chi connectivity index (χ3v) is 9.90. The molecule has 0 aliphatic rings. The number of unbranched alkanes of at least 4 members (excludes halogenated alkanes) is 5. The lowest BCUT2D eigenvalue weighted by Gasteiger charge is -2.38. The van der Waals surface area contributed by atoms with Crippen LogP contribution in [0.25, 0.3) is 6.08 Å². The summed E-state index contributed by atoms with van der Waals surface area (Å²) in [6.07, 6.45) is 13.9. The van der Waals surface area contributed by atoms with E-state index in [1.807, 2.05) is 0 Å². The minimum Gasteiger partial charge on any atom is -0.411 e. The van der Waals surface area contributed by atoms with Gasteiger partial charge in [0.25, 0.3) is 0 Å². The molecule has 0 saturated heterocycles. The second-order valence-electron chi connectivity index (χ2n) is 8.74. The molecule has 2 heteroatoms. The van der Waals surface area contributed by atoms with E-state index in [2.05, 4.69) is 83.3 Å². The average molecular weight is 361 g/mol. The van der Waals surface area contributed by atoms with E-state index >= 15 is 0 Å². The lowest BCUT2D eigenvalue weighted by Crippen LogP contribution is -2.43. The Morgan fingerprint density at radius 3 is 2.16 bits per heavy atom. The van der Waals surface area contributed by atoms with Crippen LogP contribution in [0.1, 0.15) is 78.2 Å². The maximum atomic E-state index is 6.70. The van der Waals surface area contributed by atoms with Crippen LogP contribution in [-0.4, -0.2) is 14.4 Å². The summed E-state index contributed by atoms with van der Waals surface area (Å²) in [6, 6.07) is 10.6. The molecule has 1 rings (SSSR count). The van der Waals surface area contributed by atoms with Gasteiger partial charge in [-0.3, -0.25) is 0 Å². The van der Waals surface area contributed by atoms with Gasteiger partial charge in [-0.2, -0.15) is 0 Å². The van der Waals surface area contributed by atoms with Crippen molar-refractivity contribution < 1.29 is 4.43 Å². The van der Waals surface area contributed by atoms with Crippen molar-refractivity contribution in [3.8, 4) is 0 Å². The molecule has 0 aliphatic heterocycles. The van der Waals surface area contributed by atoms with Crippen LogP contribution < -0.4 is 0 Å². The number of benzene rings is 1. The summed E-state index contributed by atoms with van der Waals surface area (Å²) in [4.78, 5) is 0. The van der Waals surface area contributed by atoms with Gasteiger partial charge in [0, 0.05) is 0 Å². The molecule has 0 radical (unpaired) electrons. The first-order valence-corrected chi connectivity index (χ1v) is 13.1. The topological polar surface area (TPSA) is 9.23 Å². The molecular formula is C23H40OSi. The molecule has 1 aromatic rings. The van der Waals surface area contributed by atoms with Gasteiger partial charge in [-0.15, -0.1) is 0 Å². The van der Waals surface area contributed by atoms with Crippen molar-refractivity contribution in [3.63, 3.8) is 0 Å². The molecule has 0 aromatic heterocycles. The second kappa shape index (κ2) is 11.0. The van der Waals surface area contributed by atoms with Gasteiger partial charge in [-0.25, -0.2) is 0 Å². The first-order chi connectivity index (χ1) is 11.8. The fourth-order valence-corrected chi connectivity index (χ4v) is 3.96. The number of rotatable bonds is 11. The summed E-state index contributed by atoms with van der Waals surface area (Å²) in [5.41, 5.74) is 1.26. The van der Waals surface area contributed by atoms with Crippen LogP contribution >= 0.6 is 0 Å². The van der Waals surface area contributed by atoms with Gasteiger partial charge in [0.15, 0.2) is 8.32 Å². The van der Waals surface area contributed by atoms with Gasteiger partial charge in [0.05, 0.1) is 6.10 Å². The molecule has 1 atom stereocenters. The summed E-state index contributed by atoms with van der Waals surface area (Å²) in [6.45, 7) is 14.0. The largest absolute Gasteiger partial charge is 0.411 e. The van der Waals surface area contributed by atoms with Gasteiger partial charge in [0.2, 0.25) is 0 Å². The van der Waals surface area contributed by atoms with E-state index in [1.54, 1.807) is 0 Å². The molecule has 25 heavy (non-hydrogen) atoms. The van der Waals surface area contributed by atoms with E-state index in [9.17, 15) is 0 Å². The van der Waals surface area contributed by atoms with E-state index in [4.69, 9.17) is 4.43 Å². The fourth-order valence-electron chi connectivity index (χ4n) is 2.66. The SMILES string of the molecule is CCCCCCCCC(/C=C/c1ccccc1)O[Si](C)(C)C(C)(C)C. The van der Waals surface area contributed by atoms with Gasteiger partial charge < -0.3 is 4.43 Å². The molecule has 1 nitrogen and oxygen atoms in total. The van der Waals surface area contributed by atoms with Crippen molar-refractivity contribution in [2.45, 2.75) is 96.9 Å². The third-order valence-electron chi connectivity index (χ3n) is 5.40. The highest BCUT2D eigenvalue weighted by Gasteiger charge is 2.38. The van der Waals surface area contributed by atoms with Crippen LogP contribution in [0, 0.1) is 0 Å². The minimum absolute atomic E-state index is 0.243. The Kier molecular flexibility index (Phi) is 9.74. The van der Waals surface area contributed by atoms with Crippen LogP contribution in [0.2, 0.25) is 18.1 Å². The highest BCUT2D eigenvalue weighted by Crippen LogP contribution is 2.38. The first-order valence-electron chi connectivity index (χ1n) is 10.2. The van der Waals surface area contributed by atoms with Gasteiger partial charge >= 0.3 is 0 Å². The van der Waals surface area contributed by atoms with Gasteiger partial charge in [-0.05, 0) is 30.1 Å². The zero-order valence-electron chi connectivity index (χ0n) is 17.5. The molecule has 1 unspecified atom stereocenters. The number of hydrogen-bond acceptors (Lipinski definition) is 1. The molecule has 0 N–H and O–H groups in total. The van der Waals surface area contributed by atoms with Crippen LogP contribution in [0.3, 0.4) is 0 Å². The van der Waals surface area contributed by atoms with Crippen molar-refractivity contribution in [1.29, 1.82) is 0 Å². The minimum atomic E-state index is -1.74. The highest BCUT2D eigenvalue weighted by molar-refractivity contribution is 6.74. The van der Waals surface area contributed by atoms with E-state index in [0.717, 1.165) is 6.42 Å². The first kappa shape index (κ1) is 22.2. The predicted octanol–water partition coefficient (Wildman–Crippen LogP) is 7.84. The van der Waals surface area contributed by atoms with Gasteiger partial charge in [0.1, 0.15) is 0 Å². The normalized spacial score (nSPS) is 14.2. The molecule has 0 heterocycles. The molecule has 0 saturated carbocycles. The van der Waals surface area contributed by atoms with E-state index in [0.29, 0.717) is 0 Å². The quantitative estimate of drug-likeness (QED) is 0.288. The summed E-state index contributed by atoms with van der Waals surface area (Å²) in [5.74, 6) is 0. The van der Waals surface area contributed by atoms with Gasteiger partial charge in [-0.1, -0.05) is 109 Å². The zero-order chi connectivity index (χ0) is 18.8. The molecule has 0 fully saturated rings. The van der Waals surface area contributed by atoms with Crippen LogP contribution in [0.5, 0.6) is 0 Å². The van der Waals surface area contributed by atoms with Crippen LogP contribution in [-0.2, 0) is 4.43 Å². The summed E-state index contributed by atoms with van der Waals surface area (Å²) < 4.78 is 6.70. The molecule has 142 valence electrons. The summed E-state index contributed by atoms with van der Waals surface area (Å²) in [5, 5.41) is 0.257. The molecule has 0 spiro atoms. The maximum absolute atomic E-state index is 6.70. The Morgan fingerprint density at radius 2 is 1.56 bits per heavy atom. The Labute approximate surface area is 158 Å². The fraction of sp³-hybridized carbons (Fsp3) is 0.652. The van der Waals surface area contributed by atoms with Crippen LogP contribution in [0.15, 0.2) is 36.4 Å². The molecule has 1 aromatic carbocycles. The smallest absolute Gasteiger partial charge is 0.192 e. The van der Waals surface area contributed by atoms with Crippen molar-refractivity contribution >= 4 is 14.4 Å². The van der Waals surface area contributed by atoms with Crippen molar-refractivity contribution in [2.24, 2.45) is 0 Å². The number of hydrogen-bond donors (Lipinski definition) is 0. The highest BCUT2D eigenvalue weighted by atomic mass is 28.4. The summed E-state index contributed by atoms with van der Waals surface area (Å²) >= 11 is 0. The predicted molar refractivity (Wildman–Crippen MR) is 116 cm³/mol. The molecular weight excluding hydrogens is 320 g/mol. The third kappa shape index (κ3) is 8.87. The Balaban J connectivity index is 2.65. The monoisotopic (exact) mass is 360 g/mol.